The lowest BCUT2D eigenvalue weighted by atomic mass is 10.0. The van der Waals surface area contributed by atoms with Crippen LogP contribution in [0.25, 0.3) is 0 Å². The average Bonchev–Trinajstić information content (AvgIpc) is 3.08. The Kier molecular flexibility index (Phi) is 5.11. The number of carbonyl (C=O) groups is 1. The molecule has 0 radical (unpaired) electrons. The second kappa shape index (κ2) is 7.27. The van der Waals surface area contributed by atoms with Gasteiger partial charge in [0.15, 0.2) is 0 Å². The van der Waals surface area contributed by atoms with Crippen LogP contribution in [-0.2, 0) is 6.54 Å². The molecule has 3 heterocycles. The fraction of sp³-hybridized carbons (Fsp3) is 0.471. The number of aryl methyl sites for hydroxylation is 1. The number of rotatable bonds is 4. The zero-order valence-corrected chi connectivity index (χ0v) is 14.8. The number of thiazole rings is 1. The monoisotopic (exact) mass is 346 g/mol. The van der Waals surface area contributed by atoms with E-state index in [1.807, 2.05) is 24.6 Å². The minimum atomic E-state index is -0.242. The summed E-state index contributed by atoms with van der Waals surface area (Å²) in [6.07, 6.45) is 3.64. The quantitative estimate of drug-likeness (QED) is 0.917. The van der Waals surface area contributed by atoms with Gasteiger partial charge in [0.1, 0.15) is 5.56 Å². The number of piperidine rings is 1. The SMILES string of the molecule is Cc1ccn(C2CCNCC2)c(=O)c1C(=O)N(C)Cc1cscn1. The highest BCUT2D eigenvalue weighted by atomic mass is 32.1. The van der Waals surface area contributed by atoms with Crippen LogP contribution in [0.1, 0.15) is 40.5 Å². The molecule has 2 aromatic heterocycles. The van der Waals surface area contributed by atoms with Crippen LogP contribution >= 0.6 is 11.3 Å². The van der Waals surface area contributed by atoms with E-state index in [2.05, 4.69) is 10.3 Å². The highest BCUT2D eigenvalue weighted by Crippen LogP contribution is 2.18. The van der Waals surface area contributed by atoms with Crippen molar-refractivity contribution in [2.75, 3.05) is 20.1 Å². The van der Waals surface area contributed by atoms with Crippen molar-refractivity contribution in [2.45, 2.75) is 32.4 Å². The van der Waals surface area contributed by atoms with Crippen molar-refractivity contribution >= 4 is 17.2 Å². The molecule has 1 aliphatic rings. The fourth-order valence-electron chi connectivity index (χ4n) is 3.09. The van der Waals surface area contributed by atoms with Crippen LogP contribution in [0.5, 0.6) is 0 Å². The molecule has 24 heavy (non-hydrogen) atoms. The molecular formula is C17H22N4O2S. The number of amides is 1. The lowest BCUT2D eigenvalue weighted by molar-refractivity contribution is 0.0780. The molecular weight excluding hydrogens is 324 g/mol. The van der Waals surface area contributed by atoms with Gasteiger partial charge in [-0.2, -0.15) is 0 Å². The highest BCUT2D eigenvalue weighted by Gasteiger charge is 2.23. The lowest BCUT2D eigenvalue weighted by Crippen LogP contribution is -2.39. The maximum absolute atomic E-state index is 12.9. The summed E-state index contributed by atoms with van der Waals surface area (Å²) in [5.41, 5.74) is 3.39. The summed E-state index contributed by atoms with van der Waals surface area (Å²) in [6.45, 7) is 4.03. The zero-order chi connectivity index (χ0) is 17.1. The molecule has 1 aliphatic heterocycles. The molecule has 0 saturated carbocycles. The smallest absolute Gasteiger partial charge is 0.263 e. The van der Waals surface area contributed by atoms with E-state index in [9.17, 15) is 9.59 Å². The summed E-state index contributed by atoms with van der Waals surface area (Å²) < 4.78 is 1.73. The van der Waals surface area contributed by atoms with E-state index in [0.29, 0.717) is 6.54 Å². The van der Waals surface area contributed by atoms with Crippen LogP contribution in [-0.4, -0.2) is 40.5 Å². The first kappa shape index (κ1) is 16.9. The van der Waals surface area contributed by atoms with Crippen LogP contribution in [0.15, 0.2) is 27.9 Å². The predicted molar refractivity (Wildman–Crippen MR) is 94.5 cm³/mol. The maximum Gasteiger partial charge on any atom is 0.263 e. The molecule has 7 heteroatoms. The van der Waals surface area contributed by atoms with E-state index >= 15 is 0 Å². The number of pyridine rings is 1. The summed E-state index contributed by atoms with van der Waals surface area (Å²) in [6, 6.07) is 2.03. The first-order valence-electron chi connectivity index (χ1n) is 8.13. The van der Waals surface area contributed by atoms with Crippen LogP contribution in [0.2, 0.25) is 0 Å². The Bertz CT molecular complexity index is 763. The molecule has 6 nitrogen and oxygen atoms in total. The number of nitrogens with zero attached hydrogens (tertiary/aromatic N) is 3. The van der Waals surface area contributed by atoms with Crippen molar-refractivity contribution in [3.8, 4) is 0 Å². The Morgan fingerprint density at radius 3 is 2.88 bits per heavy atom. The van der Waals surface area contributed by atoms with Gasteiger partial charge in [0.2, 0.25) is 0 Å². The van der Waals surface area contributed by atoms with Crippen molar-refractivity contribution in [3.63, 3.8) is 0 Å². The van der Waals surface area contributed by atoms with Crippen LogP contribution in [0.3, 0.4) is 0 Å². The van der Waals surface area contributed by atoms with Gasteiger partial charge in [-0.3, -0.25) is 9.59 Å². The molecule has 1 fully saturated rings. The Morgan fingerprint density at radius 2 is 2.21 bits per heavy atom. The van der Waals surface area contributed by atoms with Crippen LogP contribution < -0.4 is 10.9 Å². The molecule has 0 aromatic carbocycles. The normalized spacial score (nSPS) is 15.4. The Balaban J connectivity index is 1.88. The van der Waals surface area contributed by atoms with Gasteiger partial charge in [0.25, 0.3) is 11.5 Å². The molecule has 1 N–H and O–H groups in total. The van der Waals surface area contributed by atoms with E-state index in [1.54, 1.807) is 22.0 Å². The largest absolute Gasteiger partial charge is 0.336 e. The van der Waals surface area contributed by atoms with E-state index in [0.717, 1.165) is 37.2 Å². The standard InChI is InChI=1S/C17H22N4O2S/c1-12-5-8-21(14-3-6-18-7-4-14)17(23)15(12)16(22)20(2)9-13-10-24-11-19-13/h5,8,10-11,14,18H,3-4,6-7,9H2,1-2H3. The third-order valence-electron chi connectivity index (χ3n) is 4.47. The van der Waals surface area contributed by atoms with Gasteiger partial charge in [-0.05, 0) is 44.5 Å². The molecule has 3 rings (SSSR count). The van der Waals surface area contributed by atoms with Gasteiger partial charge >= 0.3 is 0 Å². The third-order valence-corrected chi connectivity index (χ3v) is 5.11. The molecule has 2 aromatic rings. The van der Waals surface area contributed by atoms with Crippen molar-refractivity contribution in [1.82, 2.24) is 19.8 Å². The fourth-order valence-corrected chi connectivity index (χ4v) is 3.64. The Labute approximate surface area is 145 Å². The molecule has 0 unspecified atom stereocenters. The number of hydrogen-bond donors (Lipinski definition) is 1. The van der Waals surface area contributed by atoms with Crippen LogP contribution in [0, 0.1) is 6.92 Å². The number of nitrogens with one attached hydrogen (secondary N) is 1. The van der Waals surface area contributed by atoms with Gasteiger partial charge in [0.05, 0.1) is 17.7 Å². The van der Waals surface area contributed by atoms with Crippen molar-refractivity contribution in [1.29, 1.82) is 0 Å². The average molecular weight is 346 g/mol. The summed E-state index contributed by atoms with van der Waals surface area (Å²) in [5, 5.41) is 5.21. The van der Waals surface area contributed by atoms with Crippen LogP contribution in [0.4, 0.5) is 0 Å². The summed E-state index contributed by atoms with van der Waals surface area (Å²) >= 11 is 1.50. The molecule has 0 atom stereocenters. The summed E-state index contributed by atoms with van der Waals surface area (Å²) in [4.78, 5) is 31.5. The summed E-state index contributed by atoms with van der Waals surface area (Å²) in [5.74, 6) is -0.242. The topological polar surface area (TPSA) is 67.2 Å². The van der Waals surface area contributed by atoms with Crippen molar-refractivity contribution in [3.05, 3.63) is 50.3 Å². The molecule has 128 valence electrons. The highest BCUT2D eigenvalue weighted by molar-refractivity contribution is 7.07. The van der Waals surface area contributed by atoms with E-state index in [1.165, 1.54) is 11.3 Å². The maximum atomic E-state index is 12.9. The Morgan fingerprint density at radius 1 is 1.46 bits per heavy atom. The van der Waals surface area contributed by atoms with Gasteiger partial charge in [-0.25, -0.2) is 4.98 Å². The summed E-state index contributed by atoms with van der Waals surface area (Å²) in [7, 11) is 1.71. The molecule has 0 bridgehead atoms. The van der Waals surface area contributed by atoms with E-state index < -0.39 is 0 Å². The van der Waals surface area contributed by atoms with Crippen molar-refractivity contribution < 1.29 is 4.79 Å². The first-order valence-corrected chi connectivity index (χ1v) is 9.07. The molecule has 1 saturated heterocycles. The van der Waals surface area contributed by atoms with Crippen molar-refractivity contribution in [2.24, 2.45) is 0 Å². The number of carbonyl (C=O) groups excluding carboxylic acids is 1. The van der Waals surface area contributed by atoms with E-state index in [4.69, 9.17) is 0 Å². The van der Waals surface area contributed by atoms with Gasteiger partial charge in [-0.1, -0.05) is 0 Å². The molecule has 1 amide bonds. The lowest BCUT2D eigenvalue weighted by Gasteiger charge is -2.26. The zero-order valence-electron chi connectivity index (χ0n) is 14.0. The molecule has 0 spiro atoms. The Hall–Kier alpha value is -1.99. The number of hydrogen-bond acceptors (Lipinski definition) is 5. The third kappa shape index (κ3) is 3.42. The number of aromatic nitrogens is 2. The minimum Gasteiger partial charge on any atom is -0.336 e. The minimum absolute atomic E-state index is 0.162. The van der Waals surface area contributed by atoms with Gasteiger partial charge < -0.3 is 14.8 Å². The second-order valence-corrected chi connectivity index (χ2v) is 6.93. The van der Waals surface area contributed by atoms with E-state index in [-0.39, 0.29) is 23.1 Å². The molecule has 0 aliphatic carbocycles. The predicted octanol–water partition coefficient (Wildman–Crippen LogP) is 1.81. The first-order chi connectivity index (χ1) is 11.6. The second-order valence-electron chi connectivity index (χ2n) is 6.21. The van der Waals surface area contributed by atoms with Gasteiger partial charge in [-0.15, -0.1) is 11.3 Å². The van der Waals surface area contributed by atoms with Gasteiger partial charge in [0, 0.05) is 24.7 Å².